The Morgan fingerprint density at radius 1 is 1.29 bits per heavy atom. The van der Waals surface area contributed by atoms with E-state index in [0.29, 0.717) is 16.0 Å². The van der Waals surface area contributed by atoms with Gasteiger partial charge < -0.3 is 4.90 Å². The molecule has 1 saturated heterocycles. The van der Waals surface area contributed by atoms with Crippen LogP contribution < -0.4 is 0 Å². The molecule has 0 saturated carbocycles. The minimum absolute atomic E-state index is 0.106. The van der Waals surface area contributed by atoms with Crippen LogP contribution >= 0.6 is 11.8 Å². The number of amides is 1. The van der Waals surface area contributed by atoms with E-state index in [1.807, 2.05) is 35.0 Å². The quantitative estimate of drug-likeness (QED) is 0.438. The molecule has 0 aromatic carbocycles. The molecule has 34 heavy (non-hydrogen) atoms. The first kappa shape index (κ1) is 22.1. The molecule has 10 heteroatoms. The first-order valence-electron chi connectivity index (χ1n) is 11.0. The van der Waals surface area contributed by atoms with Crippen LogP contribution in [0.25, 0.3) is 16.6 Å². The zero-order valence-electron chi connectivity index (χ0n) is 18.8. The van der Waals surface area contributed by atoms with Crippen molar-refractivity contribution in [1.29, 1.82) is 5.26 Å². The van der Waals surface area contributed by atoms with Crippen molar-refractivity contribution in [1.82, 2.24) is 29.3 Å². The SMILES string of the molecule is CC(=O)N1CCC(n2cc(-c3cc(Sc4ncccc4F)c4c(C#N)cnn4c3)c(C)n2)CC1. The highest BCUT2D eigenvalue weighted by Crippen LogP contribution is 2.37. The van der Waals surface area contributed by atoms with Crippen molar-refractivity contribution in [2.45, 2.75) is 42.7 Å². The fraction of sp³-hybridized carbons (Fsp3) is 0.292. The van der Waals surface area contributed by atoms with Crippen molar-refractivity contribution in [2.75, 3.05) is 13.1 Å². The minimum Gasteiger partial charge on any atom is -0.343 e. The Balaban J connectivity index is 1.53. The molecule has 0 unspecified atom stereocenters. The number of carbonyl (C=O) groups is 1. The minimum atomic E-state index is -0.421. The summed E-state index contributed by atoms with van der Waals surface area (Å²) in [6, 6.07) is 7.23. The maximum atomic E-state index is 14.3. The van der Waals surface area contributed by atoms with Crippen LogP contribution in [0, 0.1) is 24.1 Å². The van der Waals surface area contributed by atoms with Gasteiger partial charge in [-0.1, -0.05) is 11.8 Å². The number of likely N-dealkylation sites (tertiary alicyclic amines) is 1. The van der Waals surface area contributed by atoms with E-state index in [4.69, 9.17) is 5.10 Å². The largest absolute Gasteiger partial charge is 0.343 e. The number of nitriles is 1. The van der Waals surface area contributed by atoms with Gasteiger partial charge in [0.2, 0.25) is 5.91 Å². The molecule has 1 fully saturated rings. The maximum Gasteiger partial charge on any atom is 0.219 e. The predicted octanol–water partition coefficient (Wildman–Crippen LogP) is 4.25. The lowest BCUT2D eigenvalue weighted by Crippen LogP contribution is -2.37. The van der Waals surface area contributed by atoms with E-state index in [1.165, 1.54) is 24.0 Å². The third-order valence-electron chi connectivity index (χ3n) is 6.14. The summed E-state index contributed by atoms with van der Waals surface area (Å²) in [5, 5.41) is 18.9. The van der Waals surface area contributed by atoms with Gasteiger partial charge in [-0.25, -0.2) is 13.9 Å². The van der Waals surface area contributed by atoms with Crippen LogP contribution in [0.4, 0.5) is 4.39 Å². The van der Waals surface area contributed by atoms with Gasteiger partial charge in [0, 0.05) is 54.6 Å². The molecule has 0 N–H and O–H groups in total. The van der Waals surface area contributed by atoms with Crippen LogP contribution in [0.5, 0.6) is 0 Å². The number of aryl methyl sites for hydroxylation is 1. The van der Waals surface area contributed by atoms with Crippen molar-refractivity contribution in [3.8, 4) is 17.2 Å². The lowest BCUT2D eigenvalue weighted by molar-refractivity contribution is -0.130. The summed E-state index contributed by atoms with van der Waals surface area (Å²) in [6.07, 6.45) is 8.64. The molecule has 1 aliphatic rings. The molecule has 0 radical (unpaired) electrons. The molecule has 0 atom stereocenters. The van der Waals surface area contributed by atoms with Gasteiger partial charge in [-0.2, -0.15) is 15.5 Å². The second kappa shape index (κ2) is 8.91. The van der Waals surface area contributed by atoms with Crippen molar-refractivity contribution >= 4 is 23.2 Å². The third-order valence-corrected chi connectivity index (χ3v) is 7.17. The highest BCUT2D eigenvalue weighted by Gasteiger charge is 2.24. The summed E-state index contributed by atoms with van der Waals surface area (Å²) in [6.45, 7) is 5.00. The predicted molar refractivity (Wildman–Crippen MR) is 125 cm³/mol. The number of rotatable bonds is 4. The van der Waals surface area contributed by atoms with E-state index in [0.717, 1.165) is 42.8 Å². The van der Waals surface area contributed by atoms with Crippen molar-refractivity contribution in [3.05, 3.63) is 60.1 Å². The highest BCUT2D eigenvalue weighted by molar-refractivity contribution is 7.99. The van der Waals surface area contributed by atoms with Crippen LogP contribution in [0.3, 0.4) is 0 Å². The molecular formula is C24H22FN7OS. The topological polar surface area (TPSA) is 92.1 Å². The van der Waals surface area contributed by atoms with Crippen molar-refractivity contribution in [2.24, 2.45) is 0 Å². The van der Waals surface area contributed by atoms with Gasteiger partial charge in [0.15, 0.2) is 5.82 Å². The van der Waals surface area contributed by atoms with E-state index in [1.54, 1.807) is 23.7 Å². The average molecular weight is 476 g/mol. The monoisotopic (exact) mass is 475 g/mol. The van der Waals surface area contributed by atoms with E-state index >= 15 is 0 Å². The van der Waals surface area contributed by atoms with Gasteiger partial charge >= 0.3 is 0 Å². The van der Waals surface area contributed by atoms with E-state index < -0.39 is 5.82 Å². The van der Waals surface area contributed by atoms with Crippen LogP contribution in [-0.4, -0.2) is 48.3 Å². The Hall–Kier alpha value is -3.71. The molecule has 4 aromatic heterocycles. The maximum absolute atomic E-state index is 14.3. The Morgan fingerprint density at radius 3 is 2.79 bits per heavy atom. The Labute approximate surface area is 200 Å². The molecule has 5 rings (SSSR count). The number of nitrogens with zero attached hydrogens (tertiary/aromatic N) is 7. The fourth-order valence-electron chi connectivity index (χ4n) is 4.34. The highest BCUT2D eigenvalue weighted by atomic mass is 32.2. The summed E-state index contributed by atoms with van der Waals surface area (Å²) < 4.78 is 18.0. The molecular weight excluding hydrogens is 453 g/mol. The third kappa shape index (κ3) is 4.03. The summed E-state index contributed by atoms with van der Waals surface area (Å²) in [7, 11) is 0. The Kier molecular flexibility index (Phi) is 5.79. The number of hydrogen-bond donors (Lipinski definition) is 0. The van der Waals surface area contributed by atoms with Gasteiger partial charge in [-0.15, -0.1) is 0 Å². The lowest BCUT2D eigenvalue weighted by Gasteiger charge is -2.31. The standard InChI is InChI=1S/C24H22FN7OS/c1-15-20(14-31(29-15)19-5-8-30(9-6-19)16(2)33)17-10-22(34-24-21(25)4-3-7-27-24)23-18(11-26)12-28-32(23)13-17/h3-4,7,10,12-14,19H,5-6,8-9H2,1-2H3. The molecule has 1 aliphatic heterocycles. The van der Waals surface area contributed by atoms with Gasteiger partial charge in [0.05, 0.1) is 29.0 Å². The van der Waals surface area contributed by atoms with Crippen molar-refractivity contribution in [3.63, 3.8) is 0 Å². The molecule has 0 aliphatic carbocycles. The number of halogens is 1. The Morgan fingerprint density at radius 2 is 2.09 bits per heavy atom. The first-order valence-corrected chi connectivity index (χ1v) is 11.8. The molecule has 5 heterocycles. The number of pyridine rings is 2. The summed E-state index contributed by atoms with van der Waals surface area (Å²) in [4.78, 5) is 18.4. The normalized spacial score (nSPS) is 14.5. The van der Waals surface area contributed by atoms with Gasteiger partial charge in [0.1, 0.15) is 11.1 Å². The zero-order chi connectivity index (χ0) is 23.8. The molecule has 0 bridgehead atoms. The second-order valence-corrected chi connectivity index (χ2v) is 9.32. The van der Waals surface area contributed by atoms with E-state index in [2.05, 4.69) is 16.2 Å². The van der Waals surface area contributed by atoms with E-state index in [9.17, 15) is 14.4 Å². The Bertz CT molecular complexity index is 1430. The van der Waals surface area contributed by atoms with Gasteiger partial charge in [-0.3, -0.25) is 9.48 Å². The molecule has 1 amide bonds. The lowest BCUT2D eigenvalue weighted by atomic mass is 10.1. The smallest absolute Gasteiger partial charge is 0.219 e. The summed E-state index contributed by atoms with van der Waals surface area (Å²) >= 11 is 1.17. The fourth-order valence-corrected chi connectivity index (χ4v) is 5.31. The second-order valence-electron chi connectivity index (χ2n) is 8.29. The van der Waals surface area contributed by atoms with Crippen LogP contribution in [0.15, 0.2) is 52.9 Å². The molecule has 172 valence electrons. The van der Waals surface area contributed by atoms with Gasteiger partial charge in [0.25, 0.3) is 0 Å². The number of carbonyl (C=O) groups excluding carboxylic acids is 1. The van der Waals surface area contributed by atoms with Gasteiger partial charge in [-0.05, 0) is 38.0 Å². The number of hydrogen-bond acceptors (Lipinski definition) is 6. The zero-order valence-corrected chi connectivity index (χ0v) is 19.6. The van der Waals surface area contributed by atoms with Crippen LogP contribution in [0.2, 0.25) is 0 Å². The van der Waals surface area contributed by atoms with Crippen LogP contribution in [0.1, 0.15) is 37.1 Å². The first-order chi connectivity index (χ1) is 16.4. The van der Waals surface area contributed by atoms with Crippen LogP contribution in [-0.2, 0) is 4.79 Å². The number of piperidine rings is 1. The summed E-state index contributed by atoms with van der Waals surface area (Å²) in [5.41, 5.74) is 3.69. The number of aromatic nitrogens is 5. The molecule has 8 nitrogen and oxygen atoms in total. The van der Waals surface area contributed by atoms with Crippen molar-refractivity contribution < 1.29 is 9.18 Å². The molecule has 4 aromatic rings. The summed E-state index contributed by atoms with van der Waals surface area (Å²) in [5.74, 6) is -0.315. The van der Waals surface area contributed by atoms with E-state index in [-0.39, 0.29) is 17.0 Å². The average Bonchev–Trinajstić information content (AvgIpc) is 3.44. The number of fused-ring (bicyclic) bond motifs is 1. The molecule has 0 spiro atoms.